The van der Waals surface area contributed by atoms with Gasteiger partial charge in [-0.1, -0.05) is 48.5 Å². The highest BCUT2D eigenvalue weighted by atomic mass is 16.6. The summed E-state index contributed by atoms with van der Waals surface area (Å²) >= 11 is 0. The molecule has 0 N–H and O–H groups in total. The molecule has 4 heteroatoms. The lowest BCUT2D eigenvalue weighted by molar-refractivity contribution is 0.0451. The summed E-state index contributed by atoms with van der Waals surface area (Å²) in [6.45, 7) is 0.393. The number of hydrogen-bond donors (Lipinski definition) is 0. The fourth-order valence-electron chi connectivity index (χ4n) is 3.19. The van der Waals surface area contributed by atoms with Crippen molar-refractivity contribution in [3.05, 3.63) is 90.0 Å². The molecule has 4 rings (SSSR count). The molecule has 0 aromatic heterocycles. The molecular weight excluding hydrogens is 350 g/mol. The van der Waals surface area contributed by atoms with Crippen molar-refractivity contribution in [1.29, 1.82) is 5.26 Å². The van der Waals surface area contributed by atoms with Crippen LogP contribution in [-0.2, 0) is 4.74 Å². The van der Waals surface area contributed by atoms with Gasteiger partial charge >= 0.3 is 5.97 Å². The number of benzene rings is 4. The van der Waals surface area contributed by atoms with Crippen LogP contribution in [0.1, 0.15) is 15.9 Å². The van der Waals surface area contributed by atoms with Crippen LogP contribution in [0.4, 0.5) is 0 Å². The van der Waals surface area contributed by atoms with Crippen molar-refractivity contribution < 1.29 is 14.3 Å². The highest BCUT2D eigenvalue weighted by molar-refractivity contribution is 6.10. The fraction of sp³-hybridized carbons (Fsp3) is 0.0833. The minimum absolute atomic E-state index is 0.139. The average molecular weight is 367 g/mol. The van der Waals surface area contributed by atoms with Crippen molar-refractivity contribution >= 4 is 27.5 Å². The Morgan fingerprint density at radius 3 is 2.25 bits per heavy atom. The van der Waals surface area contributed by atoms with Crippen molar-refractivity contribution in [1.82, 2.24) is 0 Å². The Labute approximate surface area is 162 Å². The molecule has 0 radical (unpaired) electrons. The second-order valence-electron chi connectivity index (χ2n) is 6.31. The molecule has 0 fully saturated rings. The number of fused-ring (bicyclic) bond motifs is 3. The quantitative estimate of drug-likeness (QED) is 0.280. The van der Waals surface area contributed by atoms with E-state index < -0.39 is 5.97 Å². The van der Waals surface area contributed by atoms with Gasteiger partial charge in [-0.2, -0.15) is 5.26 Å². The topological polar surface area (TPSA) is 59.3 Å². The van der Waals surface area contributed by atoms with Crippen molar-refractivity contribution in [2.75, 3.05) is 13.2 Å². The van der Waals surface area contributed by atoms with E-state index in [1.165, 1.54) is 5.39 Å². The number of ether oxygens (including phenoxy) is 2. The largest absolute Gasteiger partial charge is 0.489 e. The minimum Gasteiger partial charge on any atom is -0.489 e. The van der Waals surface area contributed by atoms with Gasteiger partial charge in [0.25, 0.3) is 0 Å². The van der Waals surface area contributed by atoms with Gasteiger partial charge in [0.05, 0.1) is 17.2 Å². The molecule has 136 valence electrons. The van der Waals surface area contributed by atoms with Crippen LogP contribution >= 0.6 is 0 Å². The first-order valence-corrected chi connectivity index (χ1v) is 8.97. The van der Waals surface area contributed by atoms with Crippen LogP contribution in [0.3, 0.4) is 0 Å². The third-order valence-electron chi connectivity index (χ3n) is 4.55. The summed E-state index contributed by atoms with van der Waals surface area (Å²) in [5.41, 5.74) is 0.915. The van der Waals surface area contributed by atoms with Crippen LogP contribution in [0, 0.1) is 11.3 Å². The van der Waals surface area contributed by atoms with Crippen LogP contribution in [0.5, 0.6) is 5.75 Å². The van der Waals surface area contributed by atoms with E-state index in [4.69, 9.17) is 14.7 Å². The Hall–Kier alpha value is -3.84. The van der Waals surface area contributed by atoms with Crippen LogP contribution in [-0.4, -0.2) is 19.2 Å². The Kier molecular flexibility index (Phi) is 4.90. The van der Waals surface area contributed by atoms with Crippen molar-refractivity contribution in [2.24, 2.45) is 0 Å². The summed E-state index contributed by atoms with van der Waals surface area (Å²) in [7, 11) is 0. The molecule has 0 heterocycles. The number of rotatable bonds is 5. The second kappa shape index (κ2) is 7.81. The van der Waals surface area contributed by atoms with Crippen LogP contribution < -0.4 is 4.74 Å². The first-order chi connectivity index (χ1) is 13.8. The smallest absolute Gasteiger partial charge is 0.338 e. The van der Waals surface area contributed by atoms with E-state index in [0.29, 0.717) is 11.1 Å². The molecule has 0 saturated carbocycles. The zero-order chi connectivity index (χ0) is 19.3. The molecule has 4 aromatic rings. The van der Waals surface area contributed by atoms with Gasteiger partial charge in [0.2, 0.25) is 0 Å². The number of carbonyl (C=O) groups is 1. The van der Waals surface area contributed by atoms with Crippen LogP contribution in [0.15, 0.2) is 78.9 Å². The third-order valence-corrected chi connectivity index (χ3v) is 4.55. The summed E-state index contributed by atoms with van der Waals surface area (Å²) in [4.78, 5) is 12.1. The summed E-state index contributed by atoms with van der Waals surface area (Å²) in [5, 5.41) is 13.2. The number of carbonyl (C=O) groups excluding carboxylic acids is 1. The third kappa shape index (κ3) is 3.51. The van der Waals surface area contributed by atoms with E-state index in [-0.39, 0.29) is 13.2 Å². The zero-order valence-corrected chi connectivity index (χ0v) is 15.1. The minimum atomic E-state index is -0.434. The zero-order valence-electron chi connectivity index (χ0n) is 15.1. The molecule has 0 atom stereocenters. The predicted octanol–water partition coefficient (Wildman–Crippen LogP) is 5.10. The lowest BCUT2D eigenvalue weighted by Crippen LogP contribution is -2.12. The SMILES string of the molecule is N#Cc1ccc(C(=O)OCCOc2cc3ccccc3c3ccccc23)cc1. The van der Waals surface area contributed by atoms with E-state index in [2.05, 4.69) is 18.2 Å². The highest BCUT2D eigenvalue weighted by Gasteiger charge is 2.09. The maximum absolute atomic E-state index is 12.1. The van der Waals surface area contributed by atoms with Crippen LogP contribution in [0.2, 0.25) is 0 Å². The Balaban J connectivity index is 1.45. The molecule has 0 aliphatic heterocycles. The molecule has 0 spiro atoms. The van der Waals surface area contributed by atoms with E-state index in [1.54, 1.807) is 24.3 Å². The maximum Gasteiger partial charge on any atom is 0.338 e. The number of esters is 1. The molecule has 4 aromatic carbocycles. The molecule has 4 nitrogen and oxygen atoms in total. The van der Waals surface area contributed by atoms with Crippen molar-refractivity contribution in [2.45, 2.75) is 0 Å². The Bertz CT molecular complexity index is 1190. The molecule has 0 saturated heterocycles. The van der Waals surface area contributed by atoms with Gasteiger partial charge in [-0.25, -0.2) is 4.79 Å². The van der Waals surface area contributed by atoms with Gasteiger partial charge in [-0.05, 0) is 46.5 Å². The number of nitrogens with zero attached hydrogens (tertiary/aromatic N) is 1. The lowest BCUT2D eigenvalue weighted by atomic mass is 10.0. The molecule has 28 heavy (non-hydrogen) atoms. The molecule has 0 bridgehead atoms. The van der Waals surface area contributed by atoms with E-state index in [9.17, 15) is 4.79 Å². The second-order valence-corrected chi connectivity index (χ2v) is 6.31. The van der Waals surface area contributed by atoms with Gasteiger partial charge in [0, 0.05) is 5.39 Å². The molecule has 0 amide bonds. The highest BCUT2D eigenvalue weighted by Crippen LogP contribution is 2.33. The van der Waals surface area contributed by atoms with Gasteiger partial charge in [-0.15, -0.1) is 0 Å². The van der Waals surface area contributed by atoms with Gasteiger partial charge in [0.1, 0.15) is 19.0 Å². The van der Waals surface area contributed by atoms with E-state index in [0.717, 1.165) is 21.9 Å². The van der Waals surface area contributed by atoms with Crippen LogP contribution in [0.25, 0.3) is 21.5 Å². The Morgan fingerprint density at radius 1 is 0.821 bits per heavy atom. The first-order valence-electron chi connectivity index (χ1n) is 8.97. The molecule has 0 unspecified atom stereocenters. The number of nitriles is 1. The average Bonchev–Trinajstić information content (AvgIpc) is 2.76. The standard InChI is InChI=1S/C24H17NO3/c25-16-17-9-11-18(12-10-17)24(26)28-14-13-27-23-15-19-5-1-2-6-20(19)21-7-3-4-8-22(21)23/h1-12,15H,13-14H2. The van der Waals surface area contributed by atoms with Gasteiger partial charge in [0.15, 0.2) is 0 Å². The van der Waals surface area contributed by atoms with E-state index in [1.807, 2.05) is 42.5 Å². The summed E-state index contributed by atoms with van der Waals surface area (Å²) < 4.78 is 11.2. The summed E-state index contributed by atoms with van der Waals surface area (Å²) in [5.74, 6) is 0.334. The van der Waals surface area contributed by atoms with Gasteiger partial charge < -0.3 is 9.47 Å². The molecular formula is C24H17NO3. The van der Waals surface area contributed by atoms with Crippen molar-refractivity contribution in [3.8, 4) is 11.8 Å². The number of hydrogen-bond acceptors (Lipinski definition) is 4. The first kappa shape index (κ1) is 17.6. The van der Waals surface area contributed by atoms with E-state index >= 15 is 0 Å². The normalized spacial score (nSPS) is 10.5. The molecule has 0 aliphatic rings. The maximum atomic E-state index is 12.1. The summed E-state index contributed by atoms with van der Waals surface area (Å²) in [6.07, 6.45) is 0. The lowest BCUT2D eigenvalue weighted by Gasteiger charge is -2.12. The Morgan fingerprint density at radius 2 is 1.50 bits per heavy atom. The monoisotopic (exact) mass is 367 g/mol. The van der Waals surface area contributed by atoms with Gasteiger partial charge in [-0.3, -0.25) is 0 Å². The fourth-order valence-corrected chi connectivity index (χ4v) is 3.19. The van der Waals surface area contributed by atoms with Crippen molar-refractivity contribution in [3.63, 3.8) is 0 Å². The summed E-state index contributed by atoms with van der Waals surface area (Å²) in [6, 6.07) is 26.7. The molecule has 0 aliphatic carbocycles. The predicted molar refractivity (Wildman–Crippen MR) is 108 cm³/mol.